The van der Waals surface area contributed by atoms with E-state index in [0.717, 1.165) is 11.4 Å². The standard InChI is InChI=1S/C17H19N3O3S/c21-16(13-24-15-6-1-2-7-18-15)19-8-4-9-20(11-10-19)17(22)14-5-3-12-23-14/h1-3,5-7,12H,4,8-11,13H2. The Morgan fingerprint density at radius 2 is 1.92 bits per heavy atom. The van der Waals surface area contributed by atoms with Crippen molar-refractivity contribution in [1.82, 2.24) is 14.8 Å². The highest BCUT2D eigenvalue weighted by Gasteiger charge is 2.24. The van der Waals surface area contributed by atoms with Crippen molar-refractivity contribution >= 4 is 23.6 Å². The zero-order valence-corrected chi connectivity index (χ0v) is 14.1. The first-order chi connectivity index (χ1) is 11.7. The molecule has 0 N–H and O–H groups in total. The number of furan rings is 1. The molecule has 0 radical (unpaired) electrons. The van der Waals surface area contributed by atoms with Gasteiger partial charge in [0.1, 0.15) is 0 Å². The number of hydrogen-bond donors (Lipinski definition) is 0. The first-order valence-corrected chi connectivity index (χ1v) is 8.87. The van der Waals surface area contributed by atoms with E-state index in [-0.39, 0.29) is 11.8 Å². The first kappa shape index (κ1) is 16.6. The molecule has 0 aromatic carbocycles. The zero-order valence-electron chi connectivity index (χ0n) is 13.3. The molecular formula is C17H19N3O3S. The minimum absolute atomic E-state index is 0.0814. The summed E-state index contributed by atoms with van der Waals surface area (Å²) in [6.07, 6.45) is 3.99. The third-order valence-electron chi connectivity index (χ3n) is 3.85. The number of amides is 2. The number of carbonyl (C=O) groups is 2. The molecule has 1 aliphatic rings. The molecule has 2 aromatic rings. The van der Waals surface area contributed by atoms with Crippen molar-refractivity contribution in [2.24, 2.45) is 0 Å². The van der Waals surface area contributed by atoms with Gasteiger partial charge in [-0.05, 0) is 30.7 Å². The number of nitrogens with zero attached hydrogens (tertiary/aromatic N) is 3. The van der Waals surface area contributed by atoms with E-state index in [0.29, 0.717) is 37.7 Å². The Morgan fingerprint density at radius 1 is 1.08 bits per heavy atom. The summed E-state index contributed by atoms with van der Waals surface area (Å²) >= 11 is 1.44. The van der Waals surface area contributed by atoms with Crippen LogP contribution in [0.2, 0.25) is 0 Å². The summed E-state index contributed by atoms with van der Waals surface area (Å²) in [5.41, 5.74) is 0. The second kappa shape index (κ2) is 8.01. The van der Waals surface area contributed by atoms with Crippen molar-refractivity contribution in [3.05, 3.63) is 48.6 Å². The smallest absolute Gasteiger partial charge is 0.289 e. The minimum Gasteiger partial charge on any atom is -0.459 e. The van der Waals surface area contributed by atoms with Gasteiger partial charge in [-0.3, -0.25) is 9.59 Å². The highest BCUT2D eigenvalue weighted by molar-refractivity contribution is 7.99. The lowest BCUT2D eigenvalue weighted by molar-refractivity contribution is -0.128. The predicted molar refractivity (Wildman–Crippen MR) is 90.8 cm³/mol. The molecule has 0 spiro atoms. The summed E-state index contributed by atoms with van der Waals surface area (Å²) in [7, 11) is 0. The molecular weight excluding hydrogens is 326 g/mol. The minimum atomic E-state index is -0.114. The van der Waals surface area contributed by atoms with Crippen LogP contribution in [0.3, 0.4) is 0 Å². The molecule has 1 saturated heterocycles. The number of hydrogen-bond acceptors (Lipinski definition) is 5. The lowest BCUT2D eigenvalue weighted by Crippen LogP contribution is -2.38. The number of pyridine rings is 1. The van der Waals surface area contributed by atoms with E-state index in [4.69, 9.17) is 4.42 Å². The Morgan fingerprint density at radius 3 is 2.67 bits per heavy atom. The lowest BCUT2D eigenvalue weighted by atomic mass is 10.3. The average molecular weight is 345 g/mol. The van der Waals surface area contributed by atoms with Gasteiger partial charge in [0.2, 0.25) is 5.91 Å². The van der Waals surface area contributed by atoms with Gasteiger partial charge in [-0.2, -0.15) is 0 Å². The first-order valence-electron chi connectivity index (χ1n) is 7.88. The van der Waals surface area contributed by atoms with Gasteiger partial charge in [-0.25, -0.2) is 4.98 Å². The topological polar surface area (TPSA) is 66.7 Å². The molecule has 6 nitrogen and oxygen atoms in total. The van der Waals surface area contributed by atoms with Gasteiger partial charge in [0.05, 0.1) is 17.0 Å². The van der Waals surface area contributed by atoms with E-state index in [1.807, 2.05) is 23.1 Å². The molecule has 0 bridgehead atoms. The van der Waals surface area contributed by atoms with E-state index >= 15 is 0 Å². The Labute approximate surface area is 144 Å². The summed E-state index contributed by atoms with van der Waals surface area (Å²) in [6.45, 7) is 2.38. The lowest BCUT2D eigenvalue weighted by Gasteiger charge is -2.21. The Bertz CT molecular complexity index is 676. The van der Waals surface area contributed by atoms with Gasteiger partial charge in [-0.1, -0.05) is 17.8 Å². The molecule has 24 heavy (non-hydrogen) atoms. The Balaban J connectivity index is 1.51. The molecule has 0 aliphatic carbocycles. The molecule has 2 amide bonds. The van der Waals surface area contributed by atoms with Gasteiger partial charge in [-0.15, -0.1) is 0 Å². The maximum absolute atomic E-state index is 12.4. The van der Waals surface area contributed by atoms with Crippen LogP contribution < -0.4 is 0 Å². The van der Waals surface area contributed by atoms with Crippen molar-refractivity contribution in [2.75, 3.05) is 31.9 Å². The van der Waals surface area contributed by atoms with Gasteiger partial charge in [0.15, 0.2) is 5.76 Å². The summed E-state index contributed by atoms with van der Waals surface area (Å²) in [6, 6.07) is 9.02. The van der Waals surface area contributed by atoms with E-state index in [1.165, 1.54) is 18.0 Å². The summed E-state index contributed by atoms with van der Waals surface area (Å²) in [5.74, 6) is 0.680. The van der Waals surface area contributed by atoms with Gasteiger partial charge in [0.25, 0.3) is 5.91 Å². The molecule has 3 rings (SSSR count). The fourth-order valence-corrected chi connectivity index (χ4v) is 3.35. The summed E-state index contributed by atoms with van der Waals surface area (Å²) < 4.78 is 5.17. The van der Waals surface area contributed by atoms with Crippen molar-refractivity contribution in [1.29, 1.82) is 0 Å². The van der Waals surface area contributed by atoms with E-state index in [1.54, 1.807) is 23.2 Å². The zero-order chi connectivity index (χ0) is 16.8. The van der Waals surface area contributed by atoms with Crippen LogP contribution in [0.4, 0.5) is 0 Å². The predicted octanol–water partition coefficient (Wildman–Crippen LogP) is 2.14. The third kappa shape index (κ3) is 4.17. The molecule has 3 heterocycles. The van der Waals surface area contributed by atoms with Crippen LogP contribution in [0.5, 0.6) is 0 Å². The Hall–Kier alpha value is -2.28. The van der Waals surface area contributed by atoms with Crippen LogP contribution in [-0.2, 0) is 4.79 Å². The second-order valence-corrected chi connectivity index (χ2v) is 6.46. The molecule has 1 aliphatic heterocycles. The Kier molecular flexibility index (Phi) is 5.53. The average Bonchev–Trinajstić information content (AvgIpc) is 3.04. The number of carbonyl (C=O) groups excluding carboxylic acids is 2. The monoisotopic (exact) mass is 345 g/mol. The normalized spacial score (nSPS) is 15.2. The van der Waals surface area contributed by atoms with Crippen LogP contribution in [0.15, 0.2) is 52.2 Å². The third-order valence-corrected chi connectivity index (χ3v) is 4.78. The van der Waals surface area contributed by atoms with Crippen LogP contribution in [0.1, 0.15) is 17.0 Å². The summed E-state index contributed by atoms with van der Waals surface area (Å²) in [5, 5.41) is 0.843. The fourth-order valence-electron chi connectivity index (χ4n) is 2.59. The number of thioether (sulfide) groups is 1. The van der Waals surface area contributed by atoms with E-state index in [9.17, 15) is 9.59 Å². The molecule has 2 aromatic heterocycles. The van der Waals surface area contributed by atoms with Crippen molar-refractivity contribution in [2.45, 2.75) is 11.4 Å². The quantitative estimate of drug-likeness (QED) is 0.794. The number of rotatable bonds is 4. The van der Waals surface area contributed by atoms with Gasteiger partial charge >= 0.3 is 0 Å². The van der Waals surface area contributed by atoms with Crippen LogP contribution in [0, 0.1) is 0 Å². The van der Waals surface area contributed by atoms with E-state index < -0.39 is 0 Å². The van der Waals surface area contributed by atoms with Crippen LogP contribution in [-0.4, -0.2) is 58.5 Å². The molecule has 126 valence electrons. The number of aromatic nitrogens is 1. The highest BCUT2D eigenvalue weighted by atomic mass is 32.2. The summed E-state index contributed by atoms with van der Waals surface area (Å²) in [4.78, 5) is 32.5. The largest absolute Gasteiger partial charge is 0.459 e. The van der Waals surface area contributed by atoms with E-state index in [2.05, 4.69) is 4.98 Å². The molecule has 0 atom stereocenters. The van der Waals surface area contributed by atoms with Crippen LogP contribution >= 0.6 is 11.8 Å². The maximum atomic E-state index is 12.4. The molecule has 7 heteroatoms. The second-order valence-electron chi connectivity index (χ2n) is 5.46. The van der Waals surface area contributed by atoms with Crippen molar-refractivity contribution in [3.63, 3.8) is 0 Å². The van der Waals surface area contributed by atoms with Gasteiger partial charge in [0, 0.05) is 32.4 Å². The molecule has 0 saturated carbocycles. The van der Waals surface area contributed by atoms with Crippen LogP contribution in [0.25, 0.3) is 0 Å². The molecule has 1 fully saturated rings. The van der Waals surface area contributed by atoms with Crippen molar-refractivity contribution in [3.8, 4) is 0 Å². The maximum Gasteiger partial charge on any atom is 0.289 e. The highest BCUT2D eigenvalue weighted by Crippen LogP contribution is 2.16. The molecule has 0 unspecified atom stereocenters. The fraction of sp³-hybridized carbons (Fsp3) is 0.353. The van der Waals surface area contributed by atoms with Crippen molar-refractivity contribution < 1.29 is 14.0 Å². The SMILES string of the molecule is O=C(CSc1ccccn1)N1CCCN(C(=O)c2ccco2)CC1. The van der Waals surface area contributed by atoms with Gasteiger partial charge < -0.3 is 14.2 Å².